The van der Waals surface area contributed by atoms with Crippen LogP contribution in [0.15, 0.2) is 18.2 Å². The molecule has 0 heterocycles. The summed E-state index contributed by atoms with van der Waals surface area (Å²) in [6, 6.07) is 6.24. The van der Waals surface area contributed by atoms with Crippen molar-refractivity contribution in [1.82, 2.24) is 0 Å². The summed E-state index contributed by atoms with van der Waals surface area (Å²) in [6.45, 7) is 8.22. The number of benzene rings is 1. The molecule has 3 nitrogen and oxygen atoms in total. The second-order valence-electron chi connectivity index (χ2n) is 3.18. The SMILES string of the molecule is CC.CCCc1ccc(C)cc1Cl.NC(=O)O. The van der Waals surface area contributed by atoms with Gasteiger partial charge in [0.1, 0.15) is 0 Å². The molecule has 0 saturated heterocycles. The number of rotatable bonds is 2. The van der Waals surface area contributed by atoms with Gasteiger partial charge in [-0.3, -0.25) is 0 Å². The number of aryl methyl sites for hydroxylation is 2. The molecule has 1 amide bonds. The van der Waals surface area contributed by atoms with Crippen molar-refractivity contribution in [1.29, 1.82) is 0 Å². The fourth-order valence-corrected chi connectivity index (χ4v) is 1.45. The topological polar surface area (TPSA) is 63.3 Å². The Morgan fingerprint density at radius 3 is 2.24 bits per heavy atom. The third-order valence-electron chi connectivity index (χ3n) is 1.73. The van der Waals surface area contributed by atoms with E-state index in [-0.39, 0.29) is 0 Å². The minimum absolute atomic E-state index is 0.909. The molecule has 0 aliphatic carbocycles. The summed E-state index contributed by atoms with van der Waals surface area (Å²) in [5.74, 6) is 0. The van der Waals surface area contributed by atoms with E-state index in [4.69, 9.17) is 21.5 Å². The van der Waals surface area contributed by atoms with Crippen LogP contribution in [0.2, 0.25) is 5.02 Å². The average Bonchev–Trinajstić information content (AvgIpc) is 2.24. The highest BCUT2D eigenvalue weighted by molar-refractivity contribution is 6.31. The molecule has 0 saturated carbocycles. The number of hydrogen-bond acceptors (Lipinski definition) is 1. The molecule has 0 unspecified atom stereocenters. The van der Waals surface area contributed by atoms with E-state index < -0.39 is 6.09 Å². The summed E-state index contributed by atoms with van der Waals surface area (Å²) in [7, 11) is 0. The summed E-state index contributed by atoms with van der Waals surface area (Å²) in [5, 5.41) is 8.10. The van der Waals surface area contributed by atoms with E-state index in [9.17, 15) is 0 Å². The third kappa shape index (κ3) is 11.1. The van der Waals surface area contributed by atoms with E-state index >= 15 is 0 Å². The lowest BCUT2D eigenvalue weighted by Crippen LogP contribution is -2.03. The van der Waals surface area contributed by atoms with Crippen LogP contribution < -0.4 is 5.73 Å². The van der Waals surface area contributed by atoms with Crippen molar-refractivity contribution in [2.45, 2.75) is 40.5 Å². The highest BCUT2D eigenvalue weighted by Gasteiger charge is 1.97. The molecular weight excluding hydrogens is 238 g/mol. The van der Waals surface area contributed by atoms with Crippen molar-refractivity contribution >= 4 is 17.7 Å². The molecular formula is C13H22ClNO2. The molecule has 3 N–H and O–H groups in total. The van der Waals surface area contributed by atoms with Crippen LogP contribution in [0.3, 0.4) is 0 Å². The summed E-state index contributed by atoms with van der Waals surface area (Å²) in [6.07, 6.45) is 0.905. The van der Waals surface area contributed by atoms with Crippen LogP contribution in [0.4, 0.5) is 4.79 Å². The largest absolute Gasteiger partial charge is 0.465 e. The Labute approximate surface area is 109 Å². The van der Waals surface area contributed by atoms with Crippen LogP contribution in [0.1, 0.15) is 38.3 Å². The van der Waals surface area contributed by atoms with E-state index in [1.54, 1.807) is 0 Å². The van der Waals surface area contributed by atoms with Crippen molar-refractivity contribution in [3.8, 4) is 0 Å². The first kappa shape index (κ1) is 18.2. The van der Waals surface area contributed by atoms with Crippen molar-refractivity contribution in [2.24, 2.45) is 5.73 Å². The van der Waals surface area contributed by atoms with Gasteiger partial charge in [-0.25, -0.2) is 4.79 Å². The minimum atomic E-state index is -1.33. The normalized spacial score (nSPS) is 8.29. The quantitative estimate of drug-likeness (QED) is 0.834. The van der Waals surface area contributed by atoms with E-state index in [0.717, 1.165) is 17.9 Å². The Hall–Kier alpha value is -1.22. The molecule has 0 aliphatic heterocycles. The van der Waals surface area contributed by atoms with E-state index in [1.807, 2.05) is 19.9 Å². The zero-order valence-corrected chi connectivity index (χ0v) is 11.7. The minimum Gasteiger partial charge on any atom is -0.465 e. The highest BCUT2D eigenvalue weighted by Crippen LogP contribution is 2.18. The first-order chi connectivity index (χ1) is 7.97. The van der Waals surface area contributed by atoms with E-state index in [0.29, 0.717) is 0 Å². The zero-order chi connectivity index (χ0) is 13.8. The predicted molar refractivity (Wildman–Crippen MR) is 73.7 cm³/mol. The van der Waals surface area contributed by atoms with Crippen molar-refractivity contribution in [3.63, 3.8) is 0 Å². The van der Waals surface area contributed by atoms with Crippen LogP contribution in [0.25, 0.3) is 0 Å². The van der Waals surface area contributed by atoms with Gasteiger partial charge in [-0.1, -0.05) is 50.9 Å². The fourth-order valence-electron chi connectivity index (χ4n) is 1.12. The Kier molecular flexibility index (Phi) is 12.0. The van der Waals surface area contributed by atoms with E-state index in [1.165, 1.54) is 11.1 Å². The number of nitrogens with two attached hydrogens (primary N) is 1. The van der Waals surface area contributed by atoms with Gasteiger partial charge in [0, 0.05) is 5.02 Å². The van der Waals surface area contributed by atoms with Gasteiger partial charge in [0.25, 0.3) is 0 Å². The Morgan fingerprint density at radius 2 is 1.88 bits per heavy atom. The van der Waals surface area contributed by atoms with Crippen molar-refractivity contribution in [3.05, 3.63) is 34.3 Å². The predicted octanol–water partition coefficient (Wildman–Crippen LogP) is 4.25. The van der Waals surface area contributed by atoms with Crippen molar-refractivity contribution in [2.75, 3.05) is 0 Å². The molecule has 1 aromatic rings. The zero-order valence-electron chi connectivity index (χ0n) is 11.0. The second kappa shape index (κ2) is 11.3. The Balaban J connectivity index is 0. The lowest BCUT2D eigenvalue weighted by molar-refractivity contribution is 0.205. The maximum Gasteiger partial charge on any atom is 0.402 e. The Bertz CT molecular complexity index is 323. The molecule has 0 radical (unpaired) electrons. The summed E-state index contributed by atoms with van der Waals surface area (Å²) in [4.78, 5) is 8.78. The smallest absolute Gasteiger partial charge is 0.402 e. The molecule has 1 rings (SSSR count). The average molecular weight is 260 g/mol. The summed E-state index contributed by atoms with van der Waals surface area (Å²) in [5.41, 5.74) is 6.52. The first-order valence-electron chi connectivity index (χ1n) is 5.70. The number of halogens is 1. The summed E-state index contributed by atoms with van der Waals surface area (Å²) < 4.78 is 0. The number of primary amides is 1. The molecule has 0 bridgehead atoms. The molecule has 0 fully saturated rings. The van der Waals surface area contributed by atoms with Crippen LogP contribution in [-0.2, 0) is 6.42 Å². The van der Waals surface area contributed by atoms with Gasteiger partial charge < -0.3 is 10.8 Å². The van der Waals surface area contributed by atoms with Gasteiger partial charge >= 0.3 is 6.09 Å². The van der Waals surface area contributed by atoms with Gasteiger partial charge in [0.05, 0.1) is 0 Å². The van der Waals surface area contributed by atoms with Crippen LogP contribution >= 0.6 is 11.6 Å². The first-order valence-corrected chi connectivity index (χ1v) is 6.08. The van der Waals surface area contributed by atoms with Crippen molar-refractivity contribution < 1.29 is 9.90 Å². The van der Waals surface area contributed by atoms with Gasteiger partial charge in [-0.15, -0.1) is 0 Å². The third-order valence-corrected chi connectivity index (χ3v) is 2.08. The lowest BCUT2D eigenvalue weighted by atomic mass is 10.1. The van der Waals surface area contributed by atoms with Gasteiger partial charge in [0.15, 0.2) is 0 Å². The maximum atomic E-state index is 8.78. The molecule has 0 aromatic heterocycles. The van der Waals surface area contributed by atoms with Crippen LogP contribution in [0.5, 0.6) is 0 Å². The van der Waals surface area contributed by atoms with Gasteiger partial charge in [0.2, 0.25) is 0 Å². The number of amides is 1. The maximum absolute atomic E-state index is 8.78. The number of hydrogen-bond donors (Lipinski definition) is 2. The van der Waals surface area contributed by atoms with Crippen LogP contribution in [0, 0.1) is 6.92 Å². The summed E-state index contributed by atoms with van der Waals surface area (Å²) >= 11 is 6.01. The van der Waals surface area contributed by atoms with Gasteiger partial charge in [-0.2, -0.15) is 0 Å². The molecule has 0 atom stereocenters. The molecule has 98 valence electrons. The lowest BCUT2D eigenvalue weighted by Gasteiger charge is -2.02. The Morgan fingerprint density at radius 1 is 1.41 bits per heavy atom. The highest BCUT2D eigenvalue weighted by atomic mass is 35.5. The fraction of sp³-hybridized carbons (Fsp3) is 0.462. The molecule has 0 spiro atoms. The standard InChI is InChI=1S/C10H13Cl.C2H6.CH3NO2/c1-3-4-9-6-5-8(2)7-10(9)11;1-2;2-1(3)4/h5-7H,3-4H2,1-2H3;1-2H3;2H2,(H,3,4). The van der Waals surface area contributed by atoms with Gasteiger partial charge in [-0.05, 0) is 30.5 Å². The second-order valence-corrected chi connectivity index (χ2v) is 3.59. The van der Waals surface area contributed by atoms with Crippen LogP contribution in [-0.4, -0.2) is 11.2 Å². The molecule has 1 aromatic carbocycles. The van der Waals surface area contributed by atoms with E-state index in [2.05, 4.69) is 31.7 Å². The molecule has 17 heavy (non-hydrogen) atoms. The number of carbonyl (C=O) groups is 1. The molecule has 4 heteroatoms. The number of carboxylic acid groups (broad SMARTS) is 1. The molecule has 0 aliphatic rings. The monoisotopic (exact) mass is 259 g/mol.